The van der Waals surface area contributed by atoms with Gasteiger partial charge in [0.25, 0.3) is 0 Å². The van der Waals surface area contributed by atoms with E-state index in [-0.39, 0.29) is 0 Å². The Hall–Kier alpha value is -1.12. The lowest BCUT2D eigenvalue weighted by atomic mass is 9.99. The highest BCUT2D eigenvalue weighted by Gasteiger charge is 2.10. The molecule has 2 aromatic carbocycles. The minimum Gasteiger partial charge on any atom is -0.310 e. The molecule has 0 fully saturated rings. The summed E-state index contributed by atoms with van der Waals surface area (Å²) in [5.74, 6) is 0. The monoisotopic (exact) mass is 317 g/mol. The molecule has 0 amide bonds. The molecule has 0 aliphatic heterocycles. The Kier molecular flexibility index (Phi) is 5.62. The molecule has 1 atom stereocenters. The van der Waals surface area contributed by atoms with Gasteiger partial charge in [-0.1, -0.05) is 65.3 Å². The first-order valence-corrected chi connectivity index (χ1v) is 7.61. The quantitative estimate of drug-likeness (QED) is 0.812. The van der Waals surface area contributed by atoms with Gasteiger partial charge >= 0.3 is 0 Å². The highest BCUT2D eigenvalue weighted by Crippen LogP contribution is 2.20. The Morgan fingerprint density at radius 2 is 1.68 bits per heavy atom. The average Bonchev–Trinajstić information content (AvgIpc) is 2.46. The van der Waals surface area contributed by atoms with Crippen molar-refractivity contribution >= 4 is 15.9 Å². The Morgan fingerprint density at radius 3 is 2.32 bits per heavy atom. The Labute approximate surface area is 124 Å². The van der Waals surface area contributed by atoms with E-state index < -0.39 is 0 Å². The summed E-state index contributed by atoms with van der Waals surface area (Å²) in [5.41, 5.74) is 2.72. The van der Waals surface area contributed by atoms with Crippen LogP contribution in [0.15, 0.2) is 59.1 Å². The summed E-state index contributed by atoms with van der Waals surface area (Å²) in [6.45, 7) is 3.25. The lowest BCUT2D eigenvalue weighted by Gasteiger charge is -2.19. The zero-order valence-corrected chi connectivity index (χ0v) is 12.9. The van der Waals surface area contributed by atoms with Gasteiger partial charge in [-0.25, -0.2) is 0 Å². The molecule has 19 heavy (non-hydrogen) atoms. The van der Waals surface area contributed by atoms with Gasteiger partial charge in [-0.05, 0) is 42.6 Å². The fourth-order valence-electron chi connectivity index (χ4n) is 2.17. The van der Waals surface area contributed by atoms with Crippen molar-refractivity contribution < 1.29 is 0 Å². The second-order valence-corrected chi connectivity index (χ2v) is 5.66. The molecule has 0 aromatic heterocycles. The fraction of sp³-hybridized carbons (Fsp3) is 0.294. The normalized spacial score (nSPS) is 12.3. The van der Waals surface area contributed by atoms with Gasteiger partial charge in [0.05, 0.1) is 0 Å². The van der Waals surface area contributed by atoms with Crippen LogP contribution in [0.5, 0.6) is 0 Å². The van der Waals surface area contributed by atoms with Crippen molar-refractivity contribution in [3.05, 3.63) is 70.2 Å². The average molecular weight is 318 g/mol. The van der Waals surface area contributed by atoms with Crippen molar-refractivity contribution in [2.45, 2.75) is 25.8 Å². The van der Waals surface area contributed by atoms with Crippen LogP contribution in [0, 0.1) is 0 Å². The molecule has 100 valence electrons. The third-order valence-corrected chi connectivity index (χ3v) is 3.72. The van der Waals surface area contributed by atoms with Gasteiger partial charge < -0.3 is 5.32 Å². The molecule has 0 saturated heterocycles. The van der Waals surface area contributed by atoms with Crippen LogP contribution < -0.4 is 5.32 Å². The molecule has 0 aliphatic rings. The third-order valence-electron chi connectivity index (χ3n) is 3.20. The Morgan fingerprint density at radius 1 is 1.00 bits per heavy atom. The molecular weight excluding hydrogens is 298 g/mol. The SMILES string of the molecule is CCCNC(Cc1ccc(Br)cc1)c1ccccc1. The van der Waals surface area contributed by atoms with Crippen molar-refractivity contribution in [3.8, 4) is 0 Å². The largest absolute Gasteiger partial charge is 0.310 e. The number of hydrogen-bond donors (Lipinski definition) is 1. The van der Waals surface area contributed by atoms with Crippen LogP contribution in [0.3, 0.4) is 0 Å². The van der Waals surface area contributed by atoms with E-state index in [0.29, 0.717) is 6.04 Å². The van der Waals surface area contributed by atoms with Crippen molar-refractivity contribution in [2.24, 2.45) is 0 Å². The Balaban J connectivity index is 2.11. The van der Waals surface area contributed by atoms with Crippen molar-refractivity contribution in [1.82, 2.24) is 5.32 Å². The number of benzene rings is 2. The van der Waals surface area contributed by atoms with E-state index in [1.807, 2.05) is 0 Å². The molecular formula is C17H20BrN. The van der Waals surface area contributed by atoms with E-state index in [1.54, 1.807) is 0 Å². The first-order valence-electron chi connectivity index (χ1n) is 6.82. The van der Waals surface area contributed by atoms with Gasteiger partial charge in [0.2, 0.25) is 0 Å². The fourth-order valence-corrected chi connectivity index (χ4v) is 2.43. The molecule has 0 bridgehead atoms. The topological polar surface area (TPSA) is 12.0 Å². The highest BCUT2D eigenvalue weighted by molar-refractivity contribution is 9.10. The predicted molar refractivity (Wildman–Crippen MR) is 85.3 cm³/mol. The molecule has 2 rings (SSSR count). The van der Waals surface area contributed by atoms with Gasteiger partial charge in [-0.15, -0.1) is 0 Å². The molecule has 0 spiro atoms. The van der Waals surface area contributed by atoms with Gasteiger partial charge in [-0.3, -0.25) is 0 Å². The summed E-state index contributed by atoms with van der Waals surface area (Å²) in [7, 11) is 0. The molecule has 1 nitrogen and oxygen atoms in total. The van der Waals surface area contributed by atoms with Crippen LogP contribution in [0.2, 0.25) is 0 Å². The summed E-state index contributed by atoms with van der Waals surface area (Å²) >= 11 is 3.48. The van der Waals surface area contributed by atoms with Crippen LogP contribution in [0.4, 0.5) is 0 Å². The molecule has 0 aliphatic carbocycles. The molecule has 0 radical (unpaired) electrons. The maximum Gasteiger partial charge on any atom is 0.0360 e. The van der Waals surface area contributed by atoms with Crippen molar-refractivity contribution in [3.63, 3.8) is 0 Å². The minimum atomic E-state index is 0.391. The summed E-state index contributed by atoms with van der Waals surface area (Å²) in [6, 6.07) is 19.7. The second-order valence-electron chi connectivity index (χ2n) is 4.75. The zero-order chi connectivity index (χ0) is 13.5. The summed E-state index contributed by atoms with van der Waals surface area (Å²) in [6.07, 6.45) is 2.18. The van der Waals surface area contributed by atoms with E-state index in [2.05, 4.69) is 82.8 Å². The van der Waals surface area contributed by atoms with E-state index in [0.717, 1.165) is 23.9 Å². The maximum absolute atomic E-state index is 3.64. The molecule has 0 saturated carbocycles. The van der Waals surface area contributed by atoms with Crippen molar-refractivity contribution in [2.75, 3.05) is 6.54 Å². The van der Waals surface area contributed by atoms with E-state index >= 15 is 0 Å². The molecule has 0 heterocycles. The van der Waals surface area contributed by atoms with Crippen LogP contribution >= 0.6 is 15.9 Å². The van der Waals surface area contributed by atoms with Gasteiger partial charge in [0, 0.05) is 10.5 Å². The van der Waals surface area contributed by atoms with E-state index in [1.165, 1.54) is 11.1 Å². The molecule has 1 N–H and O–H groups in total. The first-order chi connectivity index (χ1) is 9.29. The smallest absolute Gasteiger partial charge is 0.0360 e. The van der Waals surface area contributed by atoms with Gasteiger partial charge in [0.1, 0.15) is 0 Å². The standard InChI is InChI=1S/C17H20BrN/c1-2-12-19-17(15-6-4-3-5-7-15)13-14-8-10-16(18)11-9-14/h3-11,17,19H,2,12-13H2,1H3. The third kappa shape index (κ3) is 4.48. The molecule has 2 aromatic rings. The van der Waals surface area contributed by atoms with Crippen LogP contribution in [-0.2, 0) is 6.42 Å². The van der Waals surface area contributed by atoms with E-state index in [9.17, 15) is 0 Å². The minimum absolute atomic E-state index is 0.391. The number of rotatable bonds is 6. The summed E-state index contributed by atoms with van der Waals surface area (Å²) in [4.78, 5) is 0. The second kappa shape index (κ2) is 7.46. The van der Waals surface area contributed by atoms with Crippen molar-refractivity contribution in [1.29, 1.82) is 0 Å². The molecule has 2 heteroatoms. The molecule has 1 unspecified atom stereocenters. The van der Waals surface area contributed by atoms with Crippen LogP contribution in [0.1, 0.15) is 30.5 Å². The lowest BCUT2D eigenvalue weighted by Crippen LogP contribution is -2.24. The van der Waals surface area contributed by atoms with Gasteiger partial charge in [0.15, 0.2) is 0 Å². The number of hydrogen-bond acceptors (Lipinski definition) is 1. The van der Waals surface area contributed by atoms with E-state index in [4.69, 9.17) is 0 Å². The van der Waals surface area contributed by atoms with Gasteiger partial charge in [-0.2, -0.15) is 0 Å². The summed E-state index contributed by atoms with van der Waals surface area (Å²) < 4.78 is 1.13. The summed E-state index contributed by atoms with van der Waals surface area (Å²) in [5, 5.41) is 3.64. The Bertz CT molecular complexity index is 478. The predicted octanol–water partition coefficient (Wildman–Crippen LogP) is 4.73. The zero-order valence-electron chi connectivity index (χ0n) is 11.3. The number of nitrogens with one attached hydrogen (secondary N) is 1. The maximum atomic E-state index is 3.64. The first kappa shape index (κ1) is 14.3. The lowest BCUT2D eigenvalue weighted by molar-refractivity contribution is 0.529. The number of halogens is 1. The highest BCUT2D eigenvalue weighted by atomic mass is 79.9. The van der Waals surface area contributed by atoms with Crippen LogP contribution in [-0.4, -0.2) is 6.54 Å². The van der Waals surface area contributed by atoms with Crippen LogP contribution in [0.25, 0.3) is 0 Å².